The van der Waals surface area contributed by atoms with Gasteiger partial charge in [0.1, 0.15) is 5.54 Å². The molecule has 1 aliphatic carbocycles. The molecule has 1 N–H and O–H groups in total. The first-order chi connectivity index (χ1) is 11.6. The van der Waals surface area contributed by atoms with Gasteiger partial charge in [-0.25, -0.2) is 0 Å². The zero-order chi connectivity index (χ0) is 16.7. The molecule has 2 aromatic carbocycles. The molecule has 24 heavy (non-hydrogen) atoms. The van der Waals surface area contributed by atoms with Crippen LogP contribution in [0.1, 0.15) is 35.7 Å². The molecule has 4 rings (SSSR count). The molecule has 1 unspecified atom stereocenters. The van der Waals surface area contributed by atoms with E-state index in [-0.39, 0.29) is 17.7 Å². The van der Waals surface area contributed by atoms with Crippen molar-refractivity contribution in [3.05, 3.63) is 65.7 Å². The standard InChI is InChI=1S/C20H20N2O2/c1-20(15-11-12-15)19(24)22(13-14-7-3-2-4-8-14)17-10-6-5-9-16(17)18(23)21-20/h2-10,15H,11-13H2,1H3,(H,21,23). The molecular formula is C20H20N2O2. The van der Waals surface area contributed by atoms with Gasteiger partial charge in [-0.2, -0.15) is 0 Å². The van der Waals surface area contributed by atoms with Crippen LogP contribution in [0.3, 0.4) is 0 Å². The van der Waals surface area contributed by atoms with Crippen molar-refractivity contribution < 1.29 is 9.59 Å². The molecule has 2 aliphatic rings. The molecule has 0 radical (unpaired) electrons. The molecule has 1 heterocycles. The quantitative estimate of drug-likeness (QED) is 0.944. The molecule has 1 saturated carbocycles. The topological polar surface area (TPSA) is 49.4 Å². The molecule has 1 atom stereocenters. The first kappa shape index (κ1) is 14.9. The lowest BCUT2D eigenvalue weighted by Gasteiger charge is -2.32. The fourth-order valence-electron chi connectivity index (χ4n) is 3.51. The highest BCUT2D eigenvalue weighted by molar-refractivity contribution is 6.12. The van der Waals surface area contributed by atoms with E-state index >= 15 is 0 Å². The first-order valence-corrected chi connectivity index (χ1v) is 8.37. The number of fused-ring (bicyclic) bond motifs is 1. The van der Waals surface area contributed by atoms with Crippen LogP contribution in [0.5, 0.6) is 0 Å². The highest BCUT2D eigenvalue weighted by Crippen LogP contribution is 2.43. The van der Waals surface area contributed by atoms with Crippen LogP contribution in [0.25, 0.3) is 0 Å². The van der Waals surface area contributed by atoms with E-state index in [1.165, 1.54) is 0 Å². The summed E-state index contributed by atoms with van der Waals surface area (Å²) in [5.74, 6) is 0.0394. The van der Waals surface area contributed by atoms with Crippen LogP contribution in [0.2, 0.25) is 0 Å². The van der Waals surface area contributed by atoms with Gasteiger partial charge in [0.15, 0.2) is 0 Å². The molecule has 2 aromatic rings. The van der Waals surface area contributed by atoms with Gasteiger partial charge in [0, 0.05) is 0 Å². The summed E-state index contributed by atoms with van der Waals surface area (Å²) in [7, 11) is 0. The van der Waals surface area contributed by atoms with Crippen LogP contribution in [0, 0.1) is 5.92 Å². The molecule has 0 spiro atoms. The number of nitrogens with one attached hydrogen (secondary N) is 1. The molecule has 4 heteroatoms. The van der Waals surface area contributed by atoms with Crippen molar-refractivity contribution in [1.29, 1.82) is 0 Å². The number of carbonyl (C=O) groups is 2. The number of nitrogens with zero attached hydrogens (tertiary/aromatic N) is 1. The van der Waals surface area contributed by atoms with Crippen molar-refractivity contribution in [3.8, 4) is 0 Å². The molecule has 0 saturated heterocycles. The number of hydrogen-bond acceptors (Lipinski definition) is 2. The smallest absolute Gasteiger partial charge is 0.254 e. The zero-order valence-electron chi connectivity index (χ0n) is 13.7. The van der Waals surface area contributed by atoms with Crippen LogP contribution >= 0.6 is 0 Å². The van der Waals surface area contributed by atoms with Gasteiger partial charge in [-0.15, -0.1) is 0 Å². The minimum Gasteiger partial charge on any atom is -0.338 e. The normalized spacial score (nSPS) is 23.5. The Morgan fingerprint density at radius 1 is 1.04 bits per heavy atom. The summed E-state index contributed by atoms with van der Waals surface area (Å²) in [4.78, 5) is 27.8. The molecule has 1 aliphatic heterocycles. The predicted octanol–water partition coefficient (Wildman–Crippen LogP) is 3.13. The fourth-order valence-corrected chi connectivity index (χ4v) is 3.51. The van der Waals surface area contributed by atoms with E-state index in [1.807, 2.05) is 55.5 Å². The van der Waals surface area contributed by atoms with Crippen molar-refractivity contribution in [2.75, 3.05) is 4.90 Å². The van der Waals surface area contributed by atoms with Gasteiger partial charge >= 0.3 is 0 Å². The predicted molar refractivity (Wildman–Crippen MR) is 92.7 cm³/mol. The lowest BCUT2D eigenvalue weighted by atomic mass is 9.93. The Balaban J connectivity index is 1.81. The number of rotatable bonds is 3. The minimum absolute atomic E-state index is 0.0212. The van der Waals surface area contributed by atoms with Crippen molar-refractivity contribution in [1.82, 2.24) is 5.32 Å². The molecule has 122 valence electrons. The lowest BCUT2D eigenvalue weighted by Crippen LogP contribution is -2.57. The van der Waals surface area contributed by atoms with Gasteiger partial charge < -0.3 is 10.2 Å². The molecule has 1 fully saturated rings. The van der Waals surface area contributed by atoms with E-state index in [0.29, 0.717) is 17.8 Å². The Labute approximate surface area is 141 Å². The Bertz CT molecular complexity index is 798. The van der Waals surface area contributed by atoms with E-state index in [2.05, 4.69) is 5.32 Å². The highest BCUT2D eigenvalue weighted by Gasteiger charge is 2.52. The lowest BCUT2D eigenvalue weighted by molar-refractivity contribution is -0.124. The Hall–Kier alpha value is -2.62. The maximum atomic E-state index is 13.4. The summed E-state index contributed by atoms with van der Waals surface area (Å²) in [5, 5.41) is 3.01. The second-order valence-electron chi connectivity index (χ2n) is 6.82. The van der Waals surface area contributed by atoms with Crippen LogP contribution in [-0.4, -0.2) is 17.4 Å². The summed E-state index contributed by atoms with van der Waals surface area (Å²) in [6.07, 6.45) is 1.97. The van der Waals surface area contributed by atoms with Crippen LogP contribution in [0.15, 0.2) is 54.6 Å². The number of benzene rings is 2. The van der Waals surface area contributed by atoms with Gasteiger partial charge in [0.25, 0.3) is 11.8 Å². The number of hydrogen-bond donors (Lipinski definition) is 1. The number of carbonyl (C=O) groups excluding carboxylic acids is 2. The monoisotopic (exact) mass is 320 g/mol. The molecule has 2 amide bonds. The number of amides is 2. The van der Waals surface area contributed by atoms with E-state index in [0.717, 1.165) is 18.4 Å². The minimum atomic E-state index is -0.828. The summed E-state index contributed by atoms with van der Waals surface area (Å²) in [6.45, 7) is 2.34. The first-order valence-electron chi connectivity index (χ1n) is 8.37. The van der Waals surface area contributed by atoms with Crippen molar-refractivity contribution in [3.63, 3.8) is 0 Å². The third-order valence-corrected chi connectivity index (χ3v) is 5.08. The van der Waals surface area contributed by atoms with Crippen molar-refractivity contribution >= 4 is 17.5 Å². The van der Waals surface area contributed by atoms with Gasteiger partial charge in [0.05, 0.1) is 17.8 Å². The molecule has 0 bridgehead atoms. The van der Waals surface area contributed by atoms with E-state index in [9.17, 15) is 9.59 Å². The maximum absolute atomic E-state index is 13.4. The van der Waals surface area contributed by atoms with Crippen LogP contribution in [0.4, 0.5) is 5.69 Å². The number of anilines is 1. The maximum Gasteiger partial charge on any atom is 0.254 e. The third-order valence-electron chi connectivity index (χ3n) is 5.08. The summed E-state index contributed by atoms with van der Waals surface area (Å²) in [5.41, 5.74) is 1.47. The Morgan fingerprint density at radius 2 is 1.71 bits per heavy atom. The average Bonchev–Trinajstić information content (AvgIpc) is 3.45. The van der Waals surface area contributed by atoms with E-state index in [1.54, 1.807) is 11.0 Å². The largest absolute Gasteiger partial charge is 0.338 e. The van der Waals surface area contributed by atoms with Crippen LogP contribution < -0.4 is 10.2 Å². The second-order valence-corrected chi connectivity index (χ2v) is 6.82. The molecule has 4 nitrogen and oxygen atoms in total. The summed E-state index contributed by atoms with van der Waals surface area (Å²) < 4.78 is 0. The van der Waals surface area contributed by atoms with Gasteiger partial charge in [-0.3, -0.25) is 9.59 Å². The zero-order valence-corrected chi connectivity index (χ0v) is 13.7. The van der Waals surface area contributed by atoms with Crippen LogP contribution in [-0.2, 0) is 11.3 Å². The second kappa shape index (κ2) is 5.48. The number of para-hydroxylation sites is 1. The highest BCUT2D eigenvalue weighted by atomic mass is 16.2. The summed E-state index contributed by atoms with van der Waals surface area (Å²) in [6, 6.07) is 17.2. The van der Waals surface area contributed by atoms with Crippen molar-refractivity contribution in [2.24, 2.45) is 5.92 Å². The van der Waals surface area contributed by atoms with Gasteiger partial charge in [-0.05, 0) is 43.4 Å². The fraction of sp³-hybridized carbons (Fsp3) is 0.300. The van der Waals surface area contributed by atoms with Crippen molar-refractivity contribution in [2.45, 2.75) is 31.8 Å². The van der Waals surface area contributed by atoms with E-state index < -0.39 is 5.54 Å². The molecule has 0 aromatic heterocycles. The SMILES string of the molecule is CC1(C2CC2)NC(=O)c2ccccc2N(Cc2ccccc2)C1=O. The van der Waals surface area contributed by atoms with Gasteiger partial charge in [-0.1, -0.05) is 42.5 Å². The summed E-state index contributed by atoms with van der Waals surface area (Å²) >= 11 is 0. The third kappa shape index (κ3) is 2.39. The molecular weight excluding hydrogens is 300 g/mol. The average molecular weight is 320 g/mol. The Kier molecular flexibility index (Phi) is 3.41. The van der Waals surface area contributed by atoms with E-state index in [4.69, 9.17) is 0 Å². The van der Waals surface area contributed by atoms with Gasteiger partial charge in [0.2, 0.25) is 0 Å². The Morgan fingerprint density at radius 3 is 2.42 bits per heavy atom.